The summed E-state index contributed by atoms with van der Waals surface area (Å²) in [4.78, 5) is 4.51. The predicted octanol–water partition coefficient (Wildman–Crippen LogP) is 3.94. The lowest BCUT2D eigenvalue weighted by atomic mass is 10.0. The first-order valence-corrected chi connectivity index (χ1v) is 6.00. The number of hydrogen-bond acceptors (Lipinski definition) is 2. The Hall–Kier alpha value is -2.35. The maximum Gasteiger partial charge on any atom is 0.0780 e. The van der Waals surface area contributed by atoms with E-state index in [1.165, 1.54) is 10.8 Å². The van der Waals surface area contributed by atoms with Crippen LogP contribution in [0.5, 0.6) is 0 Å². The number of aromatic nitrogens is 1. The minimum Gasteiger partial charge on any atom is -0.388 e. The molecule has 2 nitrogen and oxygen atoms in total. The largest absolute Gasteiger partial charge is 0.388 e. The summed E-state index contributed by atoms with van der Waals surface area (Å²) in [6.45, 7) is 0. The minimum atomic E-state index is 1.04. The van der Waals surface area contributed by atoms with E-state index in [4.69, 9.17) is 0 Å². The van der Waals surface area contributed by atoms with Crippen LogP contribution in [0.25, 0.3) is 22.0 Å². The Morgan fingerprint density at radius 2 is 1.67 bits per heavy atom. The maximum atomic E-state index is 4.51. The first-order chi connectivity index (χ1) is 8.88. The van der Waals surface area contributed by atoms with Crippen molar-refractivity contribution >= 4 is 16.5 Å². The van der Waals surface area contributed by atoms with Crippen molar-refractivity contribution in [1.29, 1.82) is 0 Å². The van der Waals surface area contributed by atoms with Gasteiger partial charge in [0.2, 0.25) is 0 Å². The van der Waals surface area contributed by atoms with Crippen LogP contribution in [0.1, 0.15) is 0 Å². The standard InChI is InChI=1S/C16H14N2/c1-17-14-8-6-13(7-9-14)16-15-5-3-2-4-12(15)10-11-18-16/h2-11,17H,1H3. The number of rotatable bonds is 2. The van der Waals surface area contributed by atoms with Crippen LogP contribution in [0.4, 0.5) is 5.69 Å². The third-order valence-corrected chi connectivity index (χ3v) is 3.12. The second-order valence-corrected chi connectivity index (χ2v) is 4.21. The number of hydrogen-bond donors (Lipinski definition) is 1. The Morgan fingerprint density at radius 1 is 0.889 bits per heavy atom. The van der Waals surface area contributed by atoms with E-state index in [0.29, 0.717) is 0 Å². The van der Waals surface area contributed by atoms with Crippen molar-refractivity contribution in [3.8, 4) is 11.3 Å². The average molecular weight is 234 g/mol. The number of anilines is 1. The van der Waals surface area contributed by atoms with Gasteiger partial charge in [-0.05, 0) is 23.6 Å². The molecule has 0 spiro atoms. The van der Waals surface area contributed by atoms with Crippen LogP contribution in [0.2, 0.25) is 0 Å². The molecule has 0 aliphatic heterocycles. The van der Waals surface area contributed by atoms with Crippen molar-refractivity contribution in [2.24, 2.45) is 0 Å². The highest BCUT2D eigenvalue weighted by Crippen LogP contribution is 2.26. The van der Waals surface area contributed by atoms with Gasteiger partial charge in [0.25, 0.3) is 0 Å². The SMILES string of the molecule is CNc1ccc(-c2nccc3ccccc23)cc1. The summed E-state index contributed by atoms with van der Waals surface area (Å²) in [5, 5.41) is 5.54. The fraction of sp³-hybridized carbons (Fsp3) is 0.0625. The smallest absolute Gasteiger partial charge is 0.0780 e. The summed E-state index contributed by atoms with van der Waals surface area (Å²) >= 11 is 0. The Morgan fingerprint density at radius 3 is 2.44 bits per heavy atom. The van der Waals surface area contributed by atoms with Crippen LogP contribution < -0.4 is 5.32 Å². The predicted molar refractivity (Wildman–Crippen MR) is 76.7 cm³/mol. The first-order valence-electron chi connectivity index (χ1n) is 6.00. The molecular formula is C16H14N2. The lowest BCUT2D eigenvalue weighted by Crippen LogP contribution is -1.89. The summed E-state index contributed by atoms with van der Waals surface area (Å²) < 4.78 is 0. The van der Waals surface area contributed by atoms with Gasteiger partial charge >= 0.3 is 0 Å². The van der Waals surface area contributed by atoms with Gasteiger partial charge in [-0.25, -0.2) is 0 Å². The highest BCUT2D eigenvalue weighted by atomic mass is 14.8. The molecule has 2 heteroatoms. The topological polar surface area (TPSA) is 24.9 Å². The second-order valence-electron chi connectivity index (χ2n) is 4.21. The maximum absolute atomic E-state index is 4.51. The van der Waals surface area contributed by atoms with Gasteiger partial charge in [0.15, 0.2) is 0 Å². The molecule has 0 saturated heterocycles. The fourth-order valence-corrected chi connectivity index (χ4v) is 2.14. The van der Waals surface area contributed by atoms with E-state index < -0.39 is 0 Å². The van der Waals surface area contributed by atoms with Gasteiger partial charge in [-0.3, -0.25) is 4.98 Å². The van der Waals surface area contributed by atoms with Crippen LogP contribution in [-0.2, 0) is 0 Å². The summed E-state index contributed by atoms with van der Waals surface area (Å²) in [5.74, 6) is 0. The van der Waals surface area contributed by atoms with Crippen LogP contribution in [0.15, 0.2) is 60.8 Å². The third-order valence-electron chi connectivity index (χ3n) is 3.12. The van der Waals surface area contributed by atoms with E-state index in [9.17, 15) is 0 Å². The van der Waals surface area contributed by atoms with Gasteiger partial charge in [0.05, 0.1) is 5.69 Å². The van der Waals surface area contributed by atoms with E-state index in [1.54, 1.807) is 0 Å². The third kappa shape index (κ3) is 1.82. The molecule has 0 aliphatic carbocycles. The van der Waals surface area contributed by atoms with E-state index in [2.05, 4.69) is 58.8 Å². The van der Waals surface area contributed by atoms with Gasteiger partial charge in [-0.2, -0.15) is 0 Å². The van der Waals surface area contributed by atoms with Crippen molar-refractivity contribution in [3.63, 3.8) is 0 Å². The van der Waals surface area contributed by atoms with Crippen molar-refractivity contribution < 1.29 is 0 Å². The summed E-state index contributed by atoms with van der Waals surface area (Å²) in [5.41, 5.74) is 3.29. The molecule has 0 atom stereocenters. The molecule has 1 N–H and O–H groups in total. The molecule has 0 saturated carbocycles. The summed E-state index contributed by atoms with van der Waals surface area (Å²) in [6.07, 6.45) is 1.86. The Bertz CT molecular complexity index is 667. The van der Waals surface area contributed by atoms with Gasteiger partial charge in [-0.1, -0.05) is 36.4 Å². The fourth-order valence-electron chi connectivity index (χ4n) is 2.14. The van der Waals surface area contributed by atoms with Crippen LogP contribution in [0, 0.1) is 0 Å². The summed E-state index contributed by atoms with van der Waals surface area (Å²) in [7, 11) is 1.92. The van der Waals surface area contributed by atoms with Crippen molar-refractivity contribution in [2.75, 3.05) is 12.4 Å². The Labute approximate surface area is 106 Å². The van der Waals surface area contributed by atoms with Gasteiger partial charge in [-0.15, -0.1) is 0 Å². The summed E-state index contributed by atoms with van der Waals surface area (Å²) in [6, 6.07) is 18.7. The molecule has 3 aromatic rings. The van der Waals surface area contributed by atoms with Crippen molar-refractivity contribution in [1.82, 2.24) is 4.98 Å². The van der Waals surface area contributed by atoms with Gasteiger partial charge in [0, 0.05) is 29.9 Å². The molecule has 0 radical (unpaired) electrons. The molecule has 0 bridgehead atoms. The van der Waals surface area contributed by atoms with Crippen molar-refractivity contribution in [3.05, 3.63) is 60.8 Å². The molecule has 0 aliphatic rings. The van der Waals surface area contributed by atoms with E-state index in [1.807, 2.05) is 19.3 Å². The molecule has 1 heterocycles. The Kier molecular flexibility index (Phi) is 2.69. The van der Waals surface area contributed by atoms with E-state index in [0.717, 1.165) is 16.9 Å². The van der Waals surface area contributed by atoms with Crippen LogP contribution in [-0.4, -0.2) is 12.0 Å². The normalized spacial score (nSPS) is 10.5. The molecule has 3 rings (SSSR count). The van der Waals surface area contributed by atoms with Crippen LogP contribution >= 0.6 is 0 Å². The average Bonchev–Trinajstić information content (AvgIpc) is 2.47. The zero-order valence-corrected chi connectivity index (χ0v) is 10.2. The Balaban J connectivity index is 2.18. The lowest BCUT2D eigenvalue weighted by Gasteiger charge is -2.06. The molecule has 88 valence electrons. The molecule has 1 aromatic heterocycles. The van der Waals surface area contributed by atoms with Gasteiger partial charge < -0.3 is 5.32 Å². The minimum absolute atomic E-state index is 1.04. The number of benzene rings is 2. The molecule has 0 amide bonds. The molecule has 2 aromatic carbocycles. The van der Waals surface area contributed by atoms with E-state index in [-0.39, 0.29) is 0 Å². The number of nitrogens with zero attached hydrogens (tertiary/aromatic N) is 1. The van der Waals surface area contributed by atoms with E-state index >= 15 is 0 Å². The highest BCUT2D eigenvalue weighted by Gasteiger charge is 2.04. The van der Waals surface area contributed by atoms with Crippen molar-refractivity contribution in [2.45, 2.75) is 0 Å². The monoisotopic (exact) mass is 234 g/mol. The first kappa shape index (κ1) is 10.8. The second kappa shape index (κ2) is 4.49. The molecule has 18 heavy (non-hydrogen) atoms. The number of nitrogens with one attached hydrogen (secondary N) is 1. The zero-order chi connectivity index (χ0) is 12.4. The molecule has 0 fully saturated rings. The lowest BCUT2D eigenvalue weighted by molar-refractivity contribution is 1.36. The van der Waals surface area contributed by atoms with Crippen LogP contribution in [0.3, 0.4) is 0 Å². The highest BCUT2D eigenvalue weighted by molar-refractivity contribution is 5.94. The zero-order valence-electron chi connectivity index (χ0n) is 10.2. The van der Waals surface area contributed by atoms with Gasteiger partial charge in [0.1, 0.15) is 0 Å². The quantitative estimate of drug-likeness (QED) is 0.726. The molecule has 0 unspecified atom stereocenters. The number of pyridine rings is 1. The molecular weight excluding hydrogens is 220 g/mol. The number of fused-ring (bicyclic) bond motifs is 1.